The number of aliphatic carboxylic acids is 1. The van der Waals surface area contributed by atoms with Crippen molar-refractivity contribution in [1.29, 1.82) is 0 Å². The topological polar surface area (TPSA) is 53.0 Å². The van der Waals surface area contributed by atoms with Crippen LogP contribution < -0.4 is 4.74 Å². The first kappa shape index (κ1) is 17.8. The maximum atomic E-state index is 11.4. The Morgan fingerprint density at radius 2 is 2.19 bits per heavy atom. The van der Waals surface area contributed by atoms with Crippen LogP contribution >= 0.6 is 0 Å². The second kappa shape index (κ2) is 6.54. The molecule has 5 heteroatoms. The number of likely N-dealkylation sites (tertiary alicyclic amines) is 1. The van der Waals surface area contributed by atoms with Gasteiger partial charge in [0.15, 0.2) is 0 Å². The zero-order chi connectivity index (χ0) is 18.5. The number of carboxylic acid groups (broad SMARTS) is 1. The zero-order valence-electron chi connectivity index (χ0n) is 16.1. The van der Waals surface area contributed by atoms with Crippen LogP contribution in [0.2, 0.25) is 0 Å². The van der Waals surface area contributed by atoms with Gasteiger partial charge in [0.05, 0.1) is 13.7 Å². The number of benzene rings is 1. The Bertz CT molecular complexity index is 702. The Morgan fingerprint density at radius 3 is 2.85 bits per heavy atom. The van der Waals surface area contributed by atoms with Crippen molar-refractivity contribution in [1.82, 2.24) is 9.80 Å². The van der Waals surface area contributed by atoms with E-state index in [1.165, 1.54) is 30.5 Å². The lowest BCUT2D eigenvalue weighted by molar-refractivity contribution is -0.140. The maximum Gasteiger partial charge on any atom is 0.317 e. The van der Waals surface area contributed by atoms with Crippen molar-refractivity contribution in [2.45, 2.75) is 50.1 Å². The number of likely N-dealkylation sites (N-methyl/N-ethyl adjacent to an activating group) is 1. The summed E-state index contributed by atoms with van der Waals surface area (Å²) >= 11 is 0. The quantitative estimate of drug-likeness (QED) is 0.846. The molecule has 3 atom stereocenters. The van der Waals surface area contributed by atoms with E-state index in [0.29, 0.717) is 6.04 Å². The van der Waals surface area contributed by atoms with Crippen molar-refractivity contribution in [2.24, 2.45) is 5.92 Å². The highest BCUT2D eigenvalue weighted by atomic mass is 16.5. The van der Waals surface area contributed by atoms with Crippen LogP contribution in [-0.4, -0.2) is 66.8 Å². The molecular weight excluding hydrogens is 328 g/mol. The fraction of sp³-hybridized carbons (Fsp3) is 0.667. The van der Waals surface area contributed by atoms with E-state index in [2.05, 4.69) is 34.9 Å². The van der Waals surface area contributed by atoms with Gasteiger partial charge < -0.3 is 9.84 Å². The van der Waals surface area contributed by atoms with E-state index in [4.69, 9.17) is 4.74 Å². The van der Waals surface area contributed by atoms with Gasteiger partial charge in [-0.15, -0.1) is 0 Å². The molecule has 1 N–H and O–H groups in total. The van der Waals surface area contributed by atoms with E-state index in [-0.39, 0.29) is 18.0 Å². The van der Waals surface area contributed by atoms with E-state index in [9.17, 15) is 9.90 Å². The Kier molecular flexibility index (Phi) is 4.48. The molecule has 1 aromatic rings. The molecule has 0 amide bonds. The number of carbonyl (C=O) groups is 1. The first-order valence-electron chi connectivity index (χ1n) is 9.76. The third kappa shape index (κ3) is 3.01. The molecule has 3 aliphatic rings. The molecule has 1 heterocycles. The molecule has 1 aromatic carbocycles. The minimum absolute atomic E-state index is 0.0446. The molecule has 3 unspecified atom stereocenters. The predicted octanol–water partition coefficient (Wildman–Crippen LogP) is 2.38. The SMILES string of the molecule is COc1ccc2c(c1)C1(C)CCN(CC3CC3)C(C2)C1N(C)CC(=O)O. The fourth-order valence-electron chi connectivity index (χ4n) is 5.42. The van der Waals surface area contributed by atoms with E-state index >= 15 is 0 Å². The average molecular weight is 358 g/mol. The highest BCUT2D eigenvalue weighted by Crippen LogP contribution is 2.48. The number of carboxylic acids is 1. The highest BCUT2D eigenvalue weighted by molar-refractivity contribution is 5.69. The van der Waals surface area contributed by atoms with Gasteiger partial charge in [-0.3, -0.25) is 14.6 Å². The van der Waals surface area contributed by atoms with Crippen LogP contribution in [-0.2, 0) is 16.6 Å². The standard InChI is InChI=1S/C21H30N2O3/c1-21-8-9-23(12-14-4-5-14)18(20(21)22(2)13-19(24)25)10-15-6-7-16(26-3)11-17(15)21/h6-7,11,14,18,20H,4-5,8-10,12-13H2,1-3H3,(H,24,25). The molecule has 0 aromatic heterocycles. The predicted molar refractivity (Wildman–Crippen MR) is 101 cm³/mol. The molecular formula is C21H30N2O3. The molecule has 2 bridgehead atoms. The largest absolute Gasteiger partial charge is 0.497 e. The molecule has 0 radical (unpaired) electrons. The summed E-state index contributed by atoms with van der Waals surface area (Å²) in [6.45, 7) is 4.69. The van der Waals surface area contributed by atoms with Gasteiger partial charge in [0, 0.05) is 24.0 Å². The van der Waals surface area contributed by atoms with Gasteiger partial charge in [-0.2, -0.15) is 0 Å². The van der Waals surface area contributed by atoms with E-state index in [0.717, 1.165) is 31.1 Å². The van der Waals surface area contributed by atoms with E-state index in [1.807, 2.05) is 7.05 Å². The normalized spacial score (nSPS) is 30.9. The van der Waals surface area contributed by atoms with Crippen molar-refractivity contribution in [3.8, 4) is 5.75 Å². The van der Waals surface area contributed by atoms with Crippen LogP contribution in [0.25, 0.3) is 0 Å². The Hall–Kier alpha value is -1.59. The number of piperidine rings is 1. The number of nitrogens with zero attached hydrogens (tertiary/aromatic N) is 2. The van der Waals surface area contributed by atoms with Crippen LogP contribution in [0.4, 0.5) is 0 Å². The molecule has 1 aliphatic heterocycles. The summed E-state index contributed by atoms with van der Waals surface area (Å²) in [6, 6.07) is 7.06. The lowest BCUT2D eigenvalue weighted by Crippen LogP contribution is -2.67. The second-order valence-corrected chi connectivity index (χ2v) is 8.65. The van der Waals surface area contributed by atoms with Gasteiger partial charge in [0.1, 0.15) is 5.75 Å². The van der Waals surface area contributed by atoms with Gasteiger partial charge >= 0.3 is 5.97 Å². The Balaban J connectivity index is 1.74. The minimum atomic E-state index is -0.751. The van der Waals surface area contributed by atoms with Crippen LogP contribution in [0.1, 0.15) is 37.3 Å². The number of ether oxygens (including phenoxy) is 1. The third-order valence-corrected chi connectivity index (χ3v) is 6.82. The highest BCUT2D eigenvalue weighted by Gasteiger charge is 2.53. The molecule has 26 heavy (non-hydrogen) atoms. The molecule has 2 aliphatic carbocycles. The smallest absolute Gasteiger partial charge is 0.317 e. The zero-order valence-corrected chi connectivity index (χ0v) is 16.1. The molecule has 1 saturated heterocycles. The molecule has 2 fully saturated rings. The van der Waals surface area contributed by atoms with Gasteiger partial charge in [0.2, 0.25) is 0 Å². The third-order valence-electron chi connectivity index (χ3n) is 6.82. The van der Waals surface area contributed by atoms with Crippen molar-refractivity contribution in [3.05, 3.63) is 29.3 Å². The molecule has 5 nitrogen and oxygen atoms in total. The first-order chi connectivity index (χ1) is 12.4. The molecule has 0 spiro atoms. The first-order valence-corrected chi connectivity index (χ1v) is 9.76. The molecule has 4 rings (SSSR count). The van der Waals surface area contributed by atoms with E-state index in [1.54, 1.807) is 7.11 Å². The molecule has 142 valence electrons. The summed E-state index contributed by atoms with van der Waals surface area (Å²) < 4.78 is 5.49. The fourth-order valence-corrected chi connectivity index (χ4v) is 5.42. The summed E-state index contributed by atoms with van der Waals surface area (Å²) in [7, 11) is 3.69. The Labute approximate surface area is 155 Å². The maximum absolute atomic E-state index is 11.4. The summed E-state index contributed by atoms with van der Waals surface area (Å²) in [5, 5.41) is 9.39. The van der Waals surface area contributed by atoms with Crippen molar-refractivity contribution in [2.75, 3.05) is 33.8 Å². The van der Waals surface area contributed by atoms with Crippen molar-refractivity contribution in [3.63, 3.8) is 0 Å². The lowest BCUT2D eigenvalue weighted by atomic mass is 9.61. The average Bonchev–Trinajstić information content (AvgIpc) is 3.40. The summed E-state index contributed by atoms with van der Waals surface area (Å²) in [5.74, 6) is 0.991. The number of fused-ring (bicyclic) bond motifs is 4. The number of hydrogen-bond acceptors (Lipinski definition) is 4. The van der Waals surface area contributed by atoms with Crippen LogP contribution in [0.3, 0.4) is 0 Å². The van der Waals surface area contributed by atoms with Crippen molar-refractivity contribution < 1.29 is 14.6 Å². The summed E-state index contributed by atoms with van der Waals surface area (Å²) in [5.41, 5.74) is 2.71. The van der Waals surface area contributed by atoms with Crippen LogP contribution in [0, 0.1) is 5.92 Å². The van der Waals surface area contributed by atoms with E-state index < -0.39 is 5.97 Å². The number of methoxy groups -OCH3 is 1. The summed E-state index contributed by atoms with van der Waals surface area (Å²) in [4.78, 5) is 16.1. The molecule has 1 saturated carbocycles. The van der Waals surface area contributed by atoms with Gasteiger partial charge in [-0.1, -0.05) is 13.0 Å². The van der Waals surface area contributed by atoms with Crippen LogP contribution in [0.15, 0.2) is 18.2 Å². The lowest BCUT2D eigenvalue weighted by Gasteiger charge is -2.58. The summed E-state index contributed by atoms with van der Waals surface area (Å²) in [6.07, 6.45) is 4.76. The van der Waals surface area contributed by atoms with Crippen molar-refractivity contribution >= 4 is 5.97 Å². The number of rotatable bonds is 6. The van der Waals surface area contributed by atoms with Gasteiger partial charge in [-0.05, 0) is 68.5 Å². The minimum Gasteiger partial charge on any atom is -0.497 e. The monoisotopic (exact) mass is 358 g/mol. The number of hydrogen-bond donors (Lipinski definition) is 1. The second-order valence-electron chi connectivity index (χ2n) is 8.65. The van der Waals surface area contributed by atoms with Gasteiger partial charge in [0.25, 0.3) is 0 Å². The van der Waals surface area contributed by atoms with Gasteiger partial charge in [-0.25, -0.2) is 0 Å². The Morgan fingerprint density at radius 1 is 1.42 bits per heavy atom. The van der Waals surface area contributed by atoms with Crippen LogP contribution in [0.5, 0.6) is 5.75 Å².